The maximum absolute atomic E-state index is 13.9. The van der Waals surface area contributed by atoms with E-state index in [-0.39, 0.29) is 11.7 Å². The molecule has 0 saturated carbocycles. The van der Waals surface area contributed by atoms with Gasteiger partial charge in [0.05, 0.1) is 5.69 Å². The summed E-state index contributed by atoms with van der Waals surface area (Å²) < 4.78 is 27.7. The lowest BCUT2D eigenvalue weighted by atomic mass is 10.0. The molecule has 1 amide bonds. The number of benzene rings is 1. The van der Waals surface area contributed by atoms with Gasteiger partial charge in [0, 0.05) is 26.2 Å². The van der Waals surface area contributed by atoms with E-state index in [0.717, 1.165) is 44.6 Å². The van der Waals surface area contributed by atoms with E-state index < -0.39 is 23.1 Å². The summed E-state index contributed by atoms with van der Waals surface area (Å²) in [5.41, 5.74) is 4.65. The van der Waals surface area contributed by atoms with Crippen LogP contribution in [-0.4, -0.2) is 48.4 Å². The zero-order chi connectivity index (χ0) is 15.6. The molecule has 21 heavy (non-hydrogen) atoms. The quantitative estimate of drug-likeness (QED) is 0.869. The first-order valence-electron chi connectivity index (χ1n) is 7.18. The molecule has 1 aliphatic rings. The van der Waals surface area contributed by atoms with Gasteiger partial charge in [-0.3, -0.25) is 4.79 Å². The fraction of sp³-hybridized carbons (Fsp3) is 0.533. The minimum absolute atomic E-state index is 0.000491. The van der Waals surface area contributed by atoms with E-state index in [1.54, 1.807) is 7.05 Å². The number of anilines is 1. The van der Waals surface area contributed by atoms with Gasteiger partial charge in [0.2, 0.25) is 0 Å². The Morgan fingerprint density at radius 3 is 2.57 bits per heavy atom. The number of halogens is 2. The molecule has 0 atom stereocenters. The zero-order valence-electron chi connectivity index (χ0n) is 12.4. The van der Waals surface area contributed by atoms with Crippen LogP contribution < -0.4 is 5.73 Å². The smallest absolute Gasteiger partial charge is 0.259 e. The predicted molar refractivity (Wildman–Crippen MR) is 78.0 cm³/mol. The number of nitrogens with two attached hydrogens (primary N) is 1. The number of rotatable bonds is 3. The third-order valence-electron chi connectivity index (χ3n) is 4.21. The highest BCUT2D eigenvalue weighted by Crippen LogP contribution is 2.23. The summed E-state index contributed by atoms with van der Waals surface area (Å²) in [6, 6.07) is 2.15. The lowest BCUT2D eigenvalue weighted by Crippen LogP contribution is -2.45. The van der Waals surface area contributed by atoms with Gasteiger partial charge in [-0.1, -0.05) is 6.92 Å². The second-order valence-electron chi connectivity index (χ2n) is 5.41. The van der Waals surface area contributed by atoms with E-state index in [1.165, 1.54) is 4.90 Å². The van der Waals surface area contributed by atoms with Crippen molar-refractivity contribution < 1.29 is 13.6 Å². The molecular weight excluding hydrogens is 276 g/mol. The van der Waals surface area contributed by atoms with Crippen LogP contribution in [0.1, 0.15) is 30.1 Å². The Morgan fingerprint density at radius 1 is 1.38 bits per heavy atom. The molecule has 1 aromatic carbocycles. The Labute approximate surface area is 123 Å². The van der Waals surface area contributed by atoms with Crippen LogP contribution >= 0.6 is 0 Å². The molecule has 2 rings (SSSR count). The van der Waals surface area contributed by atoms with Gasteiger partial charge in [-0.2, -0.15) is 0 Å². The van der Waals surface area contributed by atoms with E-state index in [4.69, 9.17) is 5.73 Å². The van der Waals surface area contributed by atoms with Crippen molar-refractivity contribution >= 4 is 11.6 Å². The molecule has 1 heterocycles. The van der Waals surface area contributed by atoms with Gasteiger partial charge in [0.1, 0.15) is 11.4 Å². The van der Waals surface area contributed by atoms with E-state index in [2.05, 4.69) is 11.8 Å². The number of carbonyl (C=O) groups is 1. The summed E-state index contributed by atoms with van der Waals surface area (Å²) >= 11 is 0. The summed E-state index contributed by atoms with van der Waals surface area (Å²) in [7, 11) is 1.59. The monoisotopic (exact) mass is 297 g/mol. The molecule has 2 N–H and O–H groups in total. The predicted octanol–water partition coefficient (Wildman–Crippen LogP) is 2.10. The van der Waals surface area contributed by atoms with Crippen molar-refractivity contribution in [1.29, 1.82) is 0 Å². The Bertz CT molecular complexity index is 528. The van der Waals surface area contributed by atoms with Crippen molar-refractivity contribution in [1.82, 2.24) is 9.80 Å². The molecule has 0 bridgehead atoms. The van der Waals surface area contributed by atoms with Crippen molar-refractivity contribution in [2.45, 2.75) is 25.8 Å². The molecule has 0 radical (unpaired) electrons. The Hall–Kier alpha value is -1.69. The van der Waals surface area contributed by atoms with E-state index in [0.29, 0.717) is 0 Å². The lowest BCUT2D eigenvalue weighted by Gasteiger charge is -2.36. The van der Waals surface area contributed by atoms with Gasteiger partial charge in [0.25, 0.3) is 5.91 Å². The first-order valence-corrected chi connectivity index (χ1v) is 7.18. The molecule has 6 heteroatoms. The van der Waals surface area contributed by atoms with Crippen LogP contribution in [0, 0.1) is 11.6 Å². The summed E-state index contributed by atoms with van der Waals surface area (Å²) in [6.07, 6.45) is 1.61. The summed E-state index contributed by atoms with van der Waals surface area (Å²) in [4.78, 5) is 16.1. The summed E-state index contributed by atoms with van der Waals surface area (Å²) in [5, 5.41) is 0. The number of carbonyl (C=O) groups excluding carboxylic acids is 1. The fourth-order valence-electron chi connectivity index (χ4n) is 2.73. The SMILES string of the molecule is CCN1CCC(N(C)C(=O)c2c(F)ccc(N)c2F)CC1. The standard InChI is InChI=1S/C15H21F2N3O/c1-3-20-8-6-10(7-9-20)19(2)15(21)13-11(16)4-5-12(18)14(13)17/h4-5,10H,3,6-9,18H2,1-2H3. The molecule has 4 nitrogen and oxygen atoms in total. The second-order valence-corrected chi connectivity index (χ2v) is 5.41. The van der Waals surface area contributed by atoms with E-state index in [1.807, 2.05) is 0 Å². The first kappa shape index (κ1) is 15.7. The van der Waals surface area contributed by atoms with Crippen molar-refractivity contribution in [2.24, 2.45) is 0 Å². The molecule has 0 aromatic heterocycles. The number of piperidine rings is 1. The highest BCUT2D eigenvalue weighted by Gasteiger charge is 2.29. The molecule has 1 aromatic rings. The minimum Gasteiger partial charge on any atom is -0.396 e. The van der Waals surface area contributed by atoms with Crippen LogP contribution in [0.15, 0.2) is 12.1 Å². The minimum atomic E-state index is -0.974. The Balaban J connectivity index is 2.15. The highest BCUT2D eigenvalue weighted by molar-refractivity contribution is 5.95. The number of nitrogens with zero attached hydrogens (tertiary/aromatic N) is 2. The van der Waals surface area contributed by atoms with Crippen LogP contribution in [0.5, 0.6) is 0 Å². The first-order chi connectivity index (χ1) is 9.95. The van der Waals surface area contributed by atoms with Gasteiger partial charge in [0.15, 0.2) is 5.82 Å². The van der Waals surface area contributed by atoms with Crippen molar-refractivity contribution in [3.63, 3.8) is 0 Å². The Kier molecular flexibility index (Phi) is 4.77. The van der Waals surface area contributed by atoms with E-state index >= 15 is 0 Å². The average molecular weight is 297 g/mol. The fourth-order valence-corrected chi connectivity index (χ4v) is 2.73. The van der Waals surface area contributed by atoms with Gasteiger partial charge >= 0.3 is 0 Å². The molecule has 0 aliphatic carbocycles. The van der Waals surface area contributed by atoms with Crippen molar-refractivity contribution in [2.75, 3.05) is 32.4 Å². The van der Waals surface area contributed by atoms with Crippen LogP contribution in [0.25, 0.3) is 0 Å². The van der Waals surface area contributed by atoms with Gasteiger partial charge < -0.3 is 15.5 Å². The second kappa shape index (κ2) is 6.39. The molecule has 0 unspecified atom stereocenters. The highest BCUT2D eigenvalue weighted by atomic mass is 19.1. The number of likely N-dealkylation sites (tertiary alicyclic amines) is 1. The zero-order valence-corrected chi connectivity index (χ0v) is 12.4. The maximum Gasteiger partial charge on any atom is 0.259 e. The molecule has 1 fully saturated rings. The molecular formula is C15H21F2N3O. The average Bonchev–Trinajstić information content (AvgIpc) is 2.50. The van der Waals surface area contributed by atoms with Gasteiger partial charge in [-0.25, -0.2) is 8.78 Å². The number of nitrogen functional groups attached to an aromatic ring is 1. The lowest BCUT2D eigenvalue weighted by molar-refractivity contribution is 0.0637. The topological polar surface area (TPSA) is 49.6 Å². The van der Waals surface area contributed by atoms with Crippen LogP contribution in [0.4, 0.5) is 14.5 Å². The molecule has 116 valence electrons. The molecule has 1 aliphatic heterocycles. The third kappa shape index (κ3) is 3.15. The largest absolute Gasteiger partial charge is 0.396 e. The molecule has 1 saturated heterocycles. The van der Waals surface area contributed by atoms with Gasteiger partial charge in [-0.15, -0.1) is 0 Å². The number of hydrogen-bond acceptors (Lipinski definition) is 3. The third-order valence-corrected chi connectivity index (χ3v) is 4.21. The van der Waals surface area contributed by atoms with Crippen molar-refractivity contribution in [3.05, 3.63) is 29.3 Å². The Morgan fingerprint density at radius 2 is 2.00 bits per heavy atom. The molecule has 0 spiro atoms. The maximum atomic E-state index is 13.9. The number of amides is 1. The van der Waals surface area contributed by atoms with Crippen molar-refractivity contribution in [3.8, 4) is 0 Å². The van der Waals surface area contributed by atoms with Crippen LogP contribution in [0.2, 0.25) is 0 Å². The summed E-state index contributed by atoms with van der Waals surface area (Å²) in [6.45, 7) is 4.84. The number of hydrogen-bond donors (Lipinski definition) is 1. The van der Waals surface area contributed by atoms with E-state index in [9.17, 15) is 13.6 Å². The van der Waals surface area contributed by atoms with Crippen LogP contribution in [0.3, 0.4) is 0 Å². The van der Waals surface area contributed by atoms with Gasteiger partial charge in [-0.05, 0) is 31.5 Å². The van der Waals surface area contributed by atoms with Crippen LogP contribution in [-0.2, 0) is 0 Å². The normalized spacial score (nSPS) is 17.0. The summed E-state index contributed by atoms with van der Waals surface area (Å²) in [5.74, 6) is -2.49.